The highest BCUT2D eigenvalue weighted by Gasteiger charge is 2.35. The third-order valence-corrected chi connectivity index (χ3v) is 4.17. The summed E-state index contributed by atoms with van der Waals surface area (Å²) in [4.78, 5) is 4.49. The van der Waals surface area contributed by atoms with Crippen LogP contribution < -0.4 is 5.73 Å². The quantitative estimate of drug-likeness (QED) is 0.929. The van der Waals surface area contributed by atoms with Crippen LogP contribution in [0.4, 0.5) is 0 Å². The minimum Gasteiger partial charge on any atom is -0.337 e. The van der Waals surface area contributed by atoms with E-state index in [1.807, 2.05) is 24.3 Å². The maximum Gasteiger partial charge on any atom is 0.246 e. The molecule has 2 aromatic rings. The van der Waals surface area contributed by atoms with Crippen LogP contribution in [0.25, 0.3) is 0 Å². The van der Waals surface area contributed by atoms with Gasteiger partial charge in [0.05, 0.1) is 5.54 Å². The number of hydrogen-bond acceptors (Lipinski definition) is 4. The van der Waals surface area contributed by atoms with Crippen molar-refractivity contribution in [3.63, 3.8) is 0 Å². The fraction of sp³-hybridized carbons (Fsp3) is 0.467. The van der Waals surface area contributed by atoms with E-state index in [4.69, 9.17) is 21.9 Å². The van der Waals surface area contributed by atoms with Crippen LogP contribution in [0.3, 0.4) is 0 Å². The summed E-state index contributed by atoms with van der Waals surface area (Å²) >= 11 is 5.87. The molecule has 1 aromatic carbocycles. The fourth-order valence-electron chi connectivity index (χ4n) is 2.71. The highest BCUT2D eigenvalue weighted by molar-refractivity contribution is 6.30. The van der Waals surface area contributed by atoms with E-state index in [2.05, 4.69) is 10.1 Å². The molecular formula is C15H19Cl2N3O. The zero-order valence-corrected chi connectivity index (χ0v) is 13.3. The number of nitrogens with two attached hydrogens (primary N) is 1. The summed E-state index contributed by atoms with van der Waals surface area (Å²) in [5, 5.41) is 4.78. The molecule has 1 aliphatic rings. The molecule has 1 aliphatic carbocycles. The lowest BCUT2D eigenvalue weighted by Crippen LogP contribution is -2.39. The molecule has 1 saturated carbocycles. The monoisotopic (exact) mass is 327 g/mol. The third-order valence-electron chi connectivity index (χ3n) is 3.92. The second-order valence-electron chi connectivity index (χ2n) is 5.54. The first-order valence-electron chi connectivity index (χ1n) is 7.02. The number of benzene rings is 1. The van der Waals surface area contributed by atoms with Crippen LogP contribution in [0.1, 0.15) is 49.4 Å². The van der Waals surface area contributed by atoms with E-state index in [1.165, 1.54) is 6.42 Å². The molecule has 0 spiro atoms. The summed E-state index contributed by atoms with van der Waals surface area (Å²) in [6, 6.07) is 7.67. The molecule has 0 atom stereocenters. The van der Waals surface area contributed by atoms with Crippen molar-refractivity contribution in [2.75, 3.05) is 0 Å². The Bertz CT molecular complexity index is 577. The molecule has 0 unspecified atom stereocenters. The van der Waals surface area contributed by atoms with Crippen molar-refractivity contribution in [2.45, 2.75) is 44.1 Å². The molecule has 4 nitrogen and oxygen atoms in total. The maximum atomic E-state index is 6.39. The van der Waals surface area contributed by atoms with Crippen molar-refractivity contribution in [3.8, 4) is 0 Å². The van der Waals surface area contributed by atoms with E-state index in [1.54, 1.807) is 0 Å². The van der Waals surface area contributed by atoms with E-state index in [0.717, 1.165) is 36.3 Å². The van der Waals surface area contributed by atoms with Crippen LogP contribution in [0, 0.1) is 0 Å². The first kappa shape index (κ1) is 16.3. The van der Waals surface area contributed by atoms with Crippen molar-refractivity contribution < 1.29 is 4.52 Å². The average Bonchev–Trinajstić information content (AvgIpc) is 2.92. The number of halogens is 2. The van der Waals surface area contributed by atoms with Gasteiger partial charge in [-0.1, -0.05) is 48.2 Å². The second kappa shape index (κ2) is 6.77. The van der Waals surface area contributed by atoms with Crippen molar-refractivity contribution in [1.29, 1.82) is 0 Å². The van der Waals surface area contributed by atoms with Crippen molar-refractivity contribution >= 4 is 24.0 Å². The summed E-state index contributed by atoms with van der Waals surface area (Å²) < 4.78 is 5.39. The van der Waals surface area contributed by atoms with E-state index in [-0.39, 0.29) is 12.4 Å². The van der Waals surface area contributed by atoms with Crippen LogP contribution in [0.5, 0.6) is 0 Å². The number of aromatic nitrogens is 2. The van der Waals surface area contributed by atoms with Crippen LogP contribution >= 0.6 is 24.0 Å². The van der Waals surface area contributed by atoms with Gasteiger partial charge in [0, 0.05) is 11.4 Å². The highest BCUT2D eigenvalue weighted by atomic mass is 35.5. The predicted molar refractivity (Wildman–Crippen MR) is 84.8 cm³/mol. The van der Waals surface area contributed by atoms with E-state index < -0.39 is 5.54 Å². The fourth-order valence-corrected chi connectivity index (χ4v) is 2.84. The van der Waals surface area contributed by atoms with Gasteiger partial charge in [-0.05, 0) is 30.5 Å². The summed E-state index contributed by atoms with van der Waals surface area (Å²) in [6.45, 7) is 0. The average molecular weight is 328 g/mol. The lowest BCUT2D eigenvalue weighted by Gasteiger charge is -2.29. The molecule has 1 heterocycles. The van der Waals surface area contributed by atoms with Gasteiger partial charge in [-0.2, -0.15) is 4.98 Å². The molecular weight excluding hydrogens is 309 g/mol. The van der Waals surface area contributed by atoms with Crippen molar-refractivity contribution in [2.24, 2.45) is 5.73 Å². The van der Waals surface area contributed by atoms with E-state index in [0.29, 0.717) is 18.1 Å². The molecule has 3 rings (SSSR count). The SMILES string of the molecule is Cl.NC1(c2nc(Cc3ccc(Cl)cc3)no2)CCCCC1. The minimum absolute atomic E-state index is 0. The molecule has 0 saturated heterocycles. The molecule has 0 aliphatic heterocycles. The molecule has 1 fully saturated rings. The summed E-state index contributed by atoms with van der Waals surface area (Å²) in [5.74, 6) is 1.26. The van der Waals surface area contributed by atoms with Gasteiger partial charge in [0.15, 0.2) is 5.82 Å². The molecule has 114 valence electrons. The van der Waals surface area contributed by atoms with Gasteiger partial charge in [-0.3, -0.25) is 0 Å². The van der Waals surface area contributed by atoms with Gasteiger partial charge in [0.2, 0.25) is 5.89 Å². The smallest absolute Gasteiger partial charge is 0.246 e. The lowest BCUT2D eigenvalue weighted by molar-refractivity contribution is 0.219. The minimum atomic E-state index is -0.427. The molecule has 6 heteroatoms. The zero-order chi connectivity index (χ0) is 14.0. The van der Waals surface area contributed by atoms with Gasteiger partial charge < -0.3 is 10.3 Å². The predicted octanol–water partition coefficient (Wildman–Crippen LogP) is 3.85. The van der Waals surface area contributed by atoms with Crippen LogP contribution in [0.2, 0.25) is 5.02 Å². The summed E-state index contributed by atoms with van der Waals surface area (Å²) in [6.07, 6.45) is 5.99. The Hall–Kier alpha value is -1.10. The first-order chi connectivity index (χ1) is 9.66. The van der Waals surface area contributed by atoms with Gasteiger partial charge in [0.25, 0.3) is 0 Å². The van der Waals surface area contributed by atoms with Crippen LogP contribution in [-0.4, -0.2) is 10.1 Å². The first-order valence-corrected chi connectivity index (χ1v) is 7.40. The summed E-state index contributed by atoms with van der Waals surface area (Å²) in [7, 11) is 0. The third kappa shape index (κ3) is 3.76. The van der Waals surface area contributed by atoms with E-state index >= 15 is 0 Å². The molecule has 21 heavy (non-hydrogen) atoms. The van der Waals surface area contributed by atoms with Crippen LogP contribution in [-0.2, 0) is 12.0 Å². The van der Waals surface area contributed by atoms with Gasteiger partial charge in [-0.15, -0.1) is 12.4 Å². The molecule has 1 aromatic heterocycles. The Morgan fingerprint density at radius 2 is 1.81 bits per heavy atom. The second-order valence-corrected chi connectivity index (χ2v) is 5.97. The summed E-state index contributed by atoms with van der Waals surface area (Å²) in [5.41, 5.74) is 7.07. The Kier molecular flexibility index (Phi) is 5.25. The Balaban J connectivity index is 0.00000161. The lowest BCUT2D eigenvalue weighted by atomic mass is 9.82. The van der Waals surface area contributed by atoms with Gasteiger partial charge in [-0.25, -0.2) is 0 Å². The van der Waals surface area contributed by atoms with Crippen LogP contribution in [0.15, 0.2) is 28.8 Å². The Morgan fingerprint density at radius 3 is 2.48 bits per heavy atom. The largest absolute Gasteiger partial charge is 0.337 e. The van der Waals surface area contributed by atoms with E-state index in [9.17, 15) is 0 Å². The normalized spacial score (nSPS) is 17.2. The Labute approximate surface area is 135 Å². The Morgan fingerprint density at radius 1 is 1.14 bits per heavy atom. The number of hydrogen-bond donors (Lipinski definition) is 1. The molecule has 0 amide bonds. The number of nitrogens with zero attached hydrogens (tertiary/aromatic N) is 2. The zero-order valence-electron chi connectivity index (χ0n) is 11.7. The molecule has 0 bridgehead atoms. The molecule has 2 N–H and O–H groups in total. The molecule has 0 radical (unpaired) electrons. The highest BCUT2D eigenvalue weighted by Crippen LogP contribution is 2.33. The van der Waals surface area contributed by atoms with Crippen molar-refractivity contribution in [1.82, 2.24) is 10.1 Å². The van der Waals surface area contributed by atoms with Crippen molar-refractivity contribution in [3.05, 3.63) is 46.6 Å². The number of rotatable bonds is 3. The van der Waals surface area contributed by atoms with Gasteiger partial charge >= 0.3 is 0 Å². The standard InChI is InChI=1S/C15H18ClN3O.ClH/c16-12-6-4-11(5-7-12)10-13-18-14(20-19-13)15(17)8-2-1-3-9-15;/h4-7H,1-3,8-10,17H2;1H. The maximum absolute atomic E-state index is 6.39. The van der Waals surface area contributed by atoms with Gasteiger partial charge in [0.1, 0.15) is 0 Å². The topological polar surface area (TPSA) is 64.9 Å².